The monoisotopic (exact) mass is 380 g/mol. The number of rotatable bonds is 2. The van der Waals surface area contributed by atoms with Crippen molar-refractivity contribution >= 4 is 45.2 Å². The predicted molar refractivity (Wildman–Crippen MR) is 91.9 cm³/mol. The summed E-state index contributed by atoms with van der Waals surface area (Å²) in [5.41, 5.74) is 2.38. The topological polar surface area (TPSA) is 24.4 Å². The van der Waals surface area contributed by atoms with Crippen molar-refractivity contribution in [3.8, 4) is 0 Å². The Hall–Kier alpha value is -1.01. The molecular weight excluding hydrogens is 367 g/mol. The van der Waals surface area contributed by atoms with Crippen LogP contribution >= 0.6 is 34.4 Å². The lowest BCUT2D eigenvalue weighted by molar-refractivity contribution is 0.849. The van der Waals surface area contributed by atoms with E-state index in [2.05, 4.69) is 76.4 Å². The molecule has 2 aromatic rings. The van der Waals surface area contributed by atoms with E-state index in [1.807, 2.05) is 6.07 Å². The third kappa shape index (κ3) is 3.30. The quantitative estimate of drug-likeness (QED) is 0.774. The Morgan fingerprint density at radius 2 is 1.79 bits per heavy atom. The molecule has 0 bridgehead atoms. The van der Waals surface area contributed by atoms with Crippen molar-refractivity contribution in [3.05, 3.63) is 63.7 Å². The van der Waals surface area contributed by atoms with Gasteiger partial charge in [0.2, 0.25) is 0 Å². The number of anilines is 1. The first-order chi connectivity index (χ1) is 9.31. The van der Waals surface area contributed by atoms with E-state index >= 15 is 0 Å². The average molecular weight is 380 g/mol. The van der Waals surface area contributed by atoms with Crippen LogP contribution in [-0.4, -0.2) is 10.9 Å². The van der Waals surface area contributed by atoms with Crippen LogP contribution in [0.4, 0.5) is 5.69 Å². The van der Waals surface area contributed by atoms with Crippen LogP contribution in [-0.2, 0) is 0 Å². The van der Waals surface area contributed by atoms with Crippen molar-refractivity contribution in [1.29, 1.82) is 0 Å². The van der Waals surface area contributed by atoms with Crippen molar-refractivity contribution in [2.45, 2.75) is 6.04 Å². The lowest BCUT2D eigenvalue weighted by atomic mass is 10.1. The number of amidine groups is 1. The highest BCUT2D eigenvalue weighted by Crippen LogP contribution is 2.30. The van der Waals surface area contributed by atoms with Gasteiger partial charge in [-0.1, -0.05) is 42.1 Å². The number of hydrogen-bond donors (Lipinski definition) is 1. The van der Waals surface area contributed by atoms with E-state index in [-0.39, 0.29) is 6.04 Å². The summed E-state index contributed by atoms with van der Waals surface area (Å²) in [6.07, 6.45) is 0. The molecule has 0 aliphatic carbocycles. The van der Waals surface area contributed by atoms with Crippen molar-refractivity contribution in [1.82, 2.24) is 0 Å². The zero-order valence-corrected chi connectivity index (χ0v) is 13.2. The van der Waals surface area contributed by atoms with E-state index in [9.17, 15) is 0 Å². The van der Waals surface area contributed by atoms with Crippen molar-refractivity contribution in [3.63, 3.8) is 0 Å². The van der Waals surface area contributed by atoms with Crippen LogP contribution in [0.3, 0.4) is 0 Å². The Morgan fingerprint density at radius 3 is 2.53 bits per heavy atom. The van der Waals surface area contributed by atoms with Crippen LogP contribution in [0.1, 0.15) is 11.6 Å². The summed E-state index contributed by atoms with van der Waals surface area (Å²) in [4.78, 5) is 4.74. The Balaban J connectivity index is 1.72. The maximum Gasteiger partial charge on any atom is 0.161 e. The highest BCUT2D eigenvalue weighted by Gasteiger charge is 2.19. The molecule has 2 aromatic carbocycles. The van der Waals surface area contributed by atoms with E-state index in [0.717, 1.165) is 16.6 Å². The van der Waals surface area contributed by atoms with Crippen molar-refractivity contribution in [2.75, 3.05) is 11.1 Å². The molecule has 1 aliphatic heterocycles. The smallest absolute Gasteiger partial charge is 0.161 e. The lowest BCUT2D eigenvalue weighted by Gasteiger charge is -2.05. The fraction of sp³-hybridized carbons (Fsp3) is 0.133. The van der Waals surface area contributed by atoms with E-state index in [1.54, 1.807) is 11.8 Å². The lowest BCUT2D eigenvalue weighted by Crippen LogP contribution is -2.04. The van der Waals surface area contributed by atoms with Gasteiger partial charge in [0.25, 0.3) is 0 Å². The molecule has 2 nitrogen and oxygen atoms in total. The Morgan fingerprint density at radius 1 is 1.05 bits per heavy atom. The van der Waals surface area contributed by atoms with Crippen LogP contribution in [0.25, 0.3) is 0 Å². The van der Waals surface area contributed by atoms with Crippen molar-refractivity contribution in [2.24, 2.45) is 4.99 Å². The standard InChI is InChI=1S/C15H13IN2S/c16-12-6-8-13(9-7-12)17-15-18-14(10-19-15)11-4-2-1-3-5-11/h1-9,14H,10H2,(H,17,18). The molecule has 0 radical (unpaired) electrons. The van der Waals surface area contributed by atoms with Crippen molar-refractivity contribution < 1.29 is 0 Å². The third-order valence-corrected chi connectivity index (χ3v) is 4.61. The molecule has 1 unspecified atom stereocenters. The van der Waals surface area contributed by atoms with Gasteiger partial charge in [0.1, 0.15) is 0 Å². The first kappa shape index (κ1) is 13.0. The summed E-state index contributed by atoms with van der Waals surface area (Å²) in [6, 6.07) is 19.1. The summed E-state index contributed by atoms with van der Waals surface area (Å²) in [5.74, 6) is 1.01. The van der Waals surface area contributed by atoms with Gasteiger partial charge in [0.15, 0.2) is 5.17 Å². The minimum absolute atomic E-state index is 0.276. The fourth-order valence-electron chi connectivity index (χ4n) is 1.94. The molecular formula is C15H13IN2S. The Bertz CT molecular complexity index is 581. The number of thioether (sulfide) groups is 1. The van der Waals surface area contributed by atoms with Gasteiger partial charge in [0, 0.05) is 15.0 Å². The number of nitrogens with one attached hydrogen (secondary N) is 1. The molecule has 1 heterocycles. The Kier molecular flexibility index (Phi) is 4.08. The van der Waals surface area contributed by atoms with Gasteiger partial charge < -0.3 is 5.32 Å². The second kappa shape index (κ2) is 5.96. The second-order valence-corrected chi connectivity index (χ2v) is 6.56. The van der Waals surface area contributed by atoms with Gasteiger partial charge in [0.05, 0.1) is 6.04 Å². The molecule has 4 heteroatoms. The number of nitrogens with zero attached hydrogens (tertiary/aromatic N) is 1. The predicted octanol–water partition coefficient (Wildman–Crippen LogP) is 4.55. The zero-order chi connectivity index (χ0) is 13.1. The SMILES string of the molecule is Ic1ccc(NC2=NC(c3ccccc3)CS2)cc1. The van der Waals surface area contributed by atoms with E-state index in [4.69, 9.17) is 4.99 Å². The van der Waals surface area contributed by atoms with Crippen LogP contribution in [0.2, 0.25) is 0 Å². The maximum absolute atomic E-state index is 4.74. The number of halogens is 1. The van der Waals surface area contributed by atoms with Crippen LogP contribution in [0.5, 0.6) is 0 Å². The average Bonchev–Trinajstić information content (AvgIpc) is 2.91. The van der Waals surface area contributed by atoms with Gasteiger partial charge >= 0.3 is 0 Å². The molecule has 1 aliphatic rings. The summed E-state index contributed by atoms with van der Waals surface area (Å²) in [5, 5.41) is 4.39. The zero-order valence-electron chi connectivity index (χ0n) is 10.2. The van der Waals surface area contributed by atoms with Crippen LogP contribution in [0.15, 0.2) is 59.6 Å². The van der Waals surface area contributed by atoms with E-state index < -0.39 is 0 Å². The molecule has 0 aromatic heterocycles. The number of benzene rings is 2. The molecule has 0 saturated carbocycles. The number of aliphatic imine (C=N–C) groups is 1. The van der Waals surface area contributed by atoms with Gasteiger partial charge in [-0.3, -0.25) is 4.99 Å². The Labute approximate surface area is 130 Å². The minimum Gasteiger partial charge on any atom is -0.335 e. The van der Waals surface area contributed by atoms with E-state index in [0.29, 0.717) is 0 Å². The molecule has 0 fully saturated rings. The summed E-state index contributed by atoms with van der Waals surface area (Å²) in [7, 11) is 0. The third-order valence-electron chi connectivity index (χ3n) is 2.93. The molecule has 1 atom stereocenters. The molecule has 0 spiro atoms. The summed E-state index contributed by atoms with van der Waals surface area (Å²) < 4.78 is 1.24. The highest BCUT2D eigenvalue weighted by atomic mass is 127. The minimum atomic E-state index is 0.276. The summed E-state index contributed by atoms with van der Waals surface area (Å²) in [6.45, 7) is 0. The number of hydrogen-bond acceptors (Lipinski definition) is 3. The van der Waals surface area contributed by atoms with Crippen LogP contribution in [0, 0.1) is 3.57 Å². The highest BCUT2D eigenvalue weighted by molar-refractivity contribution is 14.1. The van der Waals surface area contributed by atoms with Gasteiger partial charge in [-0.15, -0.1) is 0 Å². The molecule has 3 rings (SSSR count). The molecule has 0 amide bonds. The largest absolute Gasteiger partial charge is 0.335 e. The maximum atomic E-state index is 4.74. The molecule has 1 N–H and O–H groups in total. The van der Waals surface area contributed by atoms with Gasteiger partial charge in [-0.25, -0.2) is 0 Å². The first-order valence-corrected chi connectivity index (χ1v) is 8.16. The molecule has 96 valence electrons. The fourth-order valence-corrected chi connectivity index (χ4v) is 3.28. The molecule has 19 heavy (non-hydrogen) atoms. The van der Waals surface area contributed by atoms with Crippen LogP contribution < -0.4 is 5.32 Å². The molecule has 0 saturated heterocycles. The van der Waals surface area contributed by atoms with Gasteiger partial charge in [-0.05, 0) is 52.4 Å². The second-order valence-electron chi connectivity index (χ2n) is 4.30. The van der Waals surface area contributed by atoms with Gasteiger partial charge in [-0.2, -0.15) is 0 Å². The first-order valence-electron chi connectivity index (χ1n) is 6.09. The summed E-state index contributed by atoms with van der Waals surface area (Å²) >= 11 is 4.09. The van der Waals surface area contributed by atoms with E-state index in [1.165, 1.54) is 9.13 Å². The normalized spacial score (nSPS) is 18.2.